The van der Waals surface area contributed by atoms with Crippen LogP contribution in [0.25, 0.3) is 0 Å². The van der Waals surface area contributed by atoms with Crippen molar-refractivity contribution >= 4 is 34.5 Å². The zero-order valence-electron chi connectivity index (χ0n) is 13.3. The summed E-state index contributed by atoms with van der Waals surface area (Å²) in [6.07, 6.45) is 0. The molecule has 0 saturated carbocycles. The number of hydrogen-bond donors (Lipinski definition) is 0. The fourth-order valence-electron chi connectivity index (χ4n) is 1.64. The molecule has 0 radical (unpaired) electrons. The second-order valence-corrected chi connectivity index (χ2v) is 5.52. The Balaban J connectivity index is 2.56. The molecule has 1 aromatic carbocycles. The zero-order valence-corrected chi connectivity index (χ0v) is 15.5. The SMILES string of the molecule is CCOCCOC(=O)c1ccc(C(=O)OCCOCC)c(I)c1. The third-order valence-electron chi connectivity index (χ3n) is 2.75. The summed E-state index contributed by atoms with van der Waals surface area (Å²) < 4.78 is 21.0. The standard InChI is InChI=1S/C16H21IO6/c1-3-20-7-9-22-15(18)12-5-6-13(14(17)11-12)16(19)23-10-8-21-4-2/h5-6,11H,3-4,7-10H2,1-2H3. The Labute approximate surface area is 149 Å². The molecule has 128 valence electrons. The van der Waals surface area contributed by atoms with E-state index in [9.17, 15) is 9.59 Å². The van der Waals surface area contributed by atoms with E-state index < -0.39 is 11.9 Å². The lowest BCUT2D eigenvalue weighted by atomic mass is 10.1. The highest BCUT2D eigenvalue weighted by molar-refractivity contribution is 14.1. The fraction of sp³-hybridized carbons (Fsp3) is 0.500. The van der Waals surface area contributed by atoms with E-state index >= 15 is 0 Å². The summed E-state index contributed by atoms with van der Waals surface area (Å²) in [6.45, 7) is 6.03. The average molecular weight is 436 g/mol. The van der Waals surface area contributed by atoms with Crippen LogP contribution in [0.3, 0.4) is 0 Å². The molecule has 0 spiro atoms. The minimum absolute atomic E-state index is 0.198. The van der Waals surface area contributed by atoms with E-state index in [2.05, 4.69) is 0 Å². The van der Waals surface area contributed by atoms with Gasteiger partial charge in [0.05, 0.1) is 24.3 Å². The van der Waals surface area contributed by atoms with Crippen molar-refractivity contribution < 1.29 is 28.5 Å². The van der Waals surface area contributed by atoms with Gasteiger partial charge in [-0.1, -0.05) is 0 Å². The Morgan fingerprint density at radius 3 is 2.00 bits per heavy atom. The normalized spacial score (nSPS) is 10.4. The van der Waals surface area contributed by atoms with Crippen molar-refractivity contribution in [1.82, 2.24) is 0 Å². The third kappa shape index (κ3) is 7.28. The molecule has 0 aromatic heterocycles. The molecular weight excluding hydrogens is 415 g/mol. The summed E-state index contributed by atoms with van der Waals surface area (Å²) in [6, 6.07) is 4.71. The van der Waals surface area contributed by atoms with Gasteiger partial charge in [0, 0.05) is 16.8 Å². The number of halogens is 1. The van der Waals surface area contributed by atoms with Crippen LogP contribution >= 0.6 is 22.6 Å². The predicted molar refractivity (Wildman–Crippen MR) is 92.7 cm³/mol. The van der Waals surface area contributed by atoms with Crippen LogP contribution in [0.2, 0.25) is 0 Å². The lowest BCUT2D eigenvalue weighted by molar-refractivity contribution is 0.0324. The lowest BCUT2D eigenvalue weighted by Crippen LogP contribution is -2.14. The first-order chi connectivity index (χ1) is 11.1. The second kappa shape index (κ2) is 11.4. The number of hydrogen-bond acceptors (Lipinski definition) is 6. The number of esters is 2. The van der Waals surface area contributed by atoms with E-state index in [0.29, 0.717) is 41.1 Å². The molecule has 0 aliphatic carbocycles. The summed E-state index contributed by atoms with van der Waals surface area (Å²) in [5, 5.41) is 0. The molecular formula is C16H21IO6. The summed E-state index contributed by atoms with van der Waals surface area (Å²) >= 11 is 1.99. The van der Waals surface area contributed by atoms with Crippen LogP contribution in [0.5, 0.6) is 0 Å². The fourth-order valence-corrected chi connectivity index (χ4v) is 2.38. The van der Waals surface area contributed by atoms with E-state index in [0.717, 1.165) is 0 Å². The minimum atomic E-state index is -0.445. The molecule has 0 aliphatic rings. The first kappa shape index (κ1) is 19.9. The topological polar surface area (TPSA) is 71.1 Å². The molecule has 6 nitrogen and oxygen atoms in total. The van der Waals surface area contributed by atoms with Crippen molar-refractivity contribution in [2.24, 2.45) is 0 Å². The summed E-state index contributed by atoms with van der Waals surface area (Å²) in [5.74, 6) is -0.885. The van der Waals surface area contributed by atoms with Crippen molar-refractivity contribution in [2.75, 3.05) is 39.6 Å². The van der Waals surface area contributed by atoms with Crippen LogP contribution in [0.15, 0.2) is 18.2 Å². The summed E-state index contributed by atoms with van der Waals surface area (Å²) in [5.41, 5.74) is 0.796. The molecule has 0 unspecified atom stereocenters. The smallest absolute Gasteiger partial charge is 0.339 e. The highest BCUT2D eigenvalue weighted by Crippen LogP contribution is 2.16. The Kier molecular flexibility index (Phi) is 9.81. The van der Waals surface area contributed by atoms with Gasteiger partial charge in [0.1, 0.15) is 13.2 Å². The quantitative estimate of drug-likeness (QED) is 0.319. The molecule has 23 heavy (non-hydrogen) atoms. The van der Waals surface area contributed by atoms with E-state index in [4.69, 9.17) is 18.9 Å². The average Bonchev–Trinajstić information content (AvgIpc) is 2.55. The largest absolute Gasteiger partial charge is 0.460 e. The van der Waals surface area contributed by atoms with Gasteiger partial charge in [-0.15, -0.1) is 0 Å². The Morgan fingerprint density at radius 2 is 1.48 bits per heavy atom. The Morgan fingerprint density at radius 1 is 0.913 bits per heavy atom. The van der Waals surface area contributed by atoms with E-state index in [-0.39, 0.29) is 13.2 Å². The molecule has 0 aliphatic heterocycles. The van der Waals surface area contributed by atoms with Crippen molar-refractivity contribution in [3.63, 3.8) is 0 Å². The van der Waals surface area contributed by atoms with Crippen LogP contribution < -0.4 is 0 Å². The van der Waals surface area contributed by atoms with Crippen molar-refractivity contribution in [2.45, 2.75) is 13.8 Å². The molecule has 7 heteroatoms. The number of carbonyl (C=O) groups is 2. The Bertz CT molecular complexity index is 517. The van der Waals surface area contributed by atoms with Crippen molar-refractivity contribution in [3.8, 4) is 0 Å². The van der Waals surface area contributed by atoms with Gasteiger partial charge in [0.2, 0.25) is 0 Å². The van der Waals surface area contributed by atoms with Gasteiger partial charge in [0.25, 0.3) is 0 Å². The highest BCUT2D eigenvalue weighted by Gasteiger charge is 2.15. The van der Waals surface area contributed by atoms with Gasteiger partial charge in [-0.2, -0.15) is 0 Å². The summed E-state index contributed by atoms with van der Waals surface area (Å²) in [7, 11) is 0. The van der Waals surface area contributed by atoms with Gasteiger partial charge >= 0.3 is 11.9 Å². The number of carbonyl (C=O) groups excluding carboxylic acids is 2. The van der Waals surface area contributed by atoms with Gasteiger partial charge < -0.3 is 18.9 Å². The second-order valence-electron chi connectivity index (χ2n) is 4.36. The van der Waals surface area contributed by atoms with Crippen molar-refractivity contribution in [1.29, 1.82) is 0 Å². The zero-order chi connectivity index (χ0) is 17.1. The first-order valence-corrected chi connectivity index (χ1v) is 8.47. The van der Waals surface area contributed by atoms with E-state index in [1.54, 1.807) is 18.2 Å². The highest BCUT2D eigenvalue weighted by atomic mass is 127. The molecule has 0 N–H and O–H groups in total. The van der Waals surface area contributed by atoms with E-state index in [1.165, 1.54) is 0 Å². The monoisotopic (exact) mass is 436 g/mol. The number of benzene rings is 1. The maximum Gasteiger partial charge on any atom is 0.339 e. The van der Waals surface area contributed by atoms with Crippen molar-refractivity contribution in [3.05, 3.63) is 32.9 Å². The van der Waals surface area contributed by atoms with Crippen LogP contribution in [-0.2, 0) is 18.9 Å². The van der Waals surface area contributed by atoms with Crippen LogP contribution in [0.4, 0.5) is 0 Å². The lowest BCUT2D eigenvalue weighted by Gasteiger charge is -2.09. The van der Waals surface area contributed by atoms with Gasteiger partial charge in [-0.25, -0.2) is 9.59 Å². The molecule has 1 rings (SSSR count). The molecule has 0 fully saturated rings. The number of rotatable bonds is 10. The maximum absolute atomic E-state index is 11.9. The molecule has 0 atom stereocenters. The van der Waals surface area contributed by atoms with Crippen LogP contribution in [-0.4, -0.2) is 51.6 Å². The van der Waals surface area contributed by atoms with Gasteiger partial charge in [-0.05, 0) is 54.6 Å². The number of ether oxygens (including phenoxy) is 4. The van der Waals surface area contributed by atoms with E-state index in [1.807, 2.05) is 36.4 Å². The molecule has 0 bridgehead atoms. The third-order valence-corrected chi connectivity index (χ3v) is 3.65. The van der Waals surface area contributed by atoms with Gasteiger partial charge in [-0.3, -0.25) is 0 Å². The minimum Gasteiger partial charge on any atom is -0.460 e. The first-order valence-electron chi connectivity index (χ1n) is 7.39. The molecule has 0 heterocycles. The predicted octanol–water partition coefficient (Wildman–Crippen LogP) is 2.68. The molecule has 0 amide bonds. The maximum atomic E-state index is 11.9. The van der Waals surface area contributed by atoms with Gasteiger partial charge in [0.15, 0.2) is 0 Å². The van der Waals surface area contributed by atoms with Crippen LogP contribution in [0.1, 0.15) is 34.6 Å². The summed E-state index contributed by atoms with van der Waals surface area (Å²) in [4.78, 5) is 23.8. The molecule has 0 saturated heterocycles. The van der Waals surface area contributed by atoms with Crippen LogP contribution in [0, 0.1) is 3.57 Å². The Hall–Kier alpha value is -1.19. The molecule has 1 aromatic rings.